The number of carbonyl (C=O) groups is 1. The van der Waals surface area contributed by atoms with Crippen molar-refractivity contribution in [2.24, 2.45) is 7.05 Å². The van der Waals surface area contributed by atoms with Crippen LogP contribution in [0.2, 0.25) is 0 Å². The van der Waals surface area contributed by atoms with Crippen LogP contribution in [0.3, 0.4) is 0 Å². The highest BCUT2D eigenvalue weighted by molar-refractivity contribution is 5.96. The monoisotopic (exact) mass is 358 g/mol. The number of carbonyl (C=O) groups excluding carboxylic acids is 1. The Bertz CT molecular complexity index is 1070. The third-order valence-corrected chi connectivity index (χ3v) is 5.88. The minimum Gasteiger partial charge on any atom is -0.355 e. The molecule has 1 unspecified atom stereocenters. The fourth-order valence-electron chi connectivity index (χ4n) is 4.26. The Morgan fingerprint density at radius 2 is 1.85 bits per heavy atom. The van der Waals surface area contributed by atoms with Crippen molar-refractivity contribution in [3.63, 3.8) is 0 Å². The Morgan fingerprint density at radius 3 is 2.67 bits per heavy atom. The molecule has 0 aliphatic carbocycles. The zero-order chi connectivity index (χ0) is 18.5. The van der Waals surface area contributed by atoms with E-state index in [0.717, 1.165) is 41.4 Å². The van der Waals surface area contributed by atoms with E-state index in [0.29, 0.717) is 6.42 Å². The molecule has 5 heteroatoms. The standard InChI is InChI=1S/C22H22N4O/c1-13-23-12-21(26(13)2)17-10-22(27)25-20-11-19-15(9-16(17)20)8-7-14-5-3-4-6-18(14)24-19/h3-6,9,11-12,17,24H,7-8,10H2,1-2H3,(H,25,27). The molecule has 0 bridgehead atoms. The lowest BCUT2D eigenvalue weighted by Crippen LogP contribution is -2.25. The molecule has 2 aliphatic heterocycles. The van der Waals surface area contributed by atoms with Crippen LogP contribution in [0.4, 0.5) is 17.1 Å². The first-order chi connectivity index (χ1) is 13.1. The molecule has 3 aromatic rings. The van der Waals surface area contributed by atoms with Crippen LogP contribution in [0.1, 0.15) is 40.5 Å². The Kier molecular flexibility index (Phi) is 3.57. The van der Waals surface area contributed by atoms with Crippen molar-refractivity contribution in [3.05, 3.63) is 70.8 Å². The second-order valence-corrected chi connectivity index (χ2v) is 7.47. The second kappa shape index (κ2) is 5.98. The number of anilines is 3. The zero-order valence-electron chi connectivity index (χ0n) is 15.5. The lowest BCUT2D eigenvalue weighted by molar-refractivity contribution is -0.116. The van der Waals surface area contributed by atoms with Gasteiger partial charge in [0.05, 0.1) is 0 Å². The van der Waals surface area contributed by atoms with E-state index in [2.05, 4.69) is 56.6 Å². The molecule has 27 heavy (non-hydrogen) atoms. The highest BCUT2D eigenvalue weighted by Gasteiger charge is 2.30. The number of aromatic nitrogens is 2. The quantitative estimate of drug-likeness (QED) is 0.690. The first-order valence-electron chi connectivity index (χ1n) is 9.40. The maximum absolute atomic E-state index is 12.4. The van der Waals surface area contributed by atoms with Crippen LogP contribution in [-0.4, -0.2) is 15.5 Å². The van der Waals surface area contributed by atoms with E-state index in [9.17, 15) is 4.79 Å². The van der Waals surface area contributed by atoms with Crippen molar-refractivity contribution in [2.45, 2.75) is 32.1 Å². The largest absolute Gasteiger partial charge is 0.355 e. The van der Waals surface area contributed by atoms with E-state index in [1.807, 2.05) is 20.2 Å². The van der Waals surface area contributed by atoms with Crippen LogP contribution >= 0.6 is 0 Å². The van der Waals surface area contributed by atoms with Gasteiger partial charge in [0, 0.05) is 48.3 Å². The molecule has 0 saturated heterocycles. The molecule has 2 N–H and O–H groups in total. The number of nitrogens with one attached hydrogen (secondary N) is 2. The number of fused-ring (bicyclic) bond motifs is 3. The van der Waals surface area contributed by atoms with E-state index in [4.69, 9.17) is 0 Å². The molecule has 1 amide bonds. The summed E-state index contributed by atoms with van der Waals surface area (Å²) < 4.78 is 2.09. The van der Waals surface area contributed by atoms with Crippen LogP contribution in [0.15, 0.2) is 42.6 Å². The van der Waals surface area contributed by atoms with Crippen molar-refractivity contribution >= 4 is 23.0 Å². The maximum atomic E-state index is 12.4. The van der Waals surface area contributed by atoms with Gasteiger partial charge in [-0.05, 0) is 48.6 Å². The van der Waals surface area contributed by atoms with Crippen molar-refractivity contribution in [1.82, 2.24) is 9.55 Å². The van der Waals surface area contributed by atoms with E-state index in [1.165, 1.54) is 16.7 Å². The summed E-state index contributed by atoms with van der Waals surface area (Å²) in [5, 5.41) is 6.64. The first-order valence-corrected chi connectivity index (χ1v) is 9.40. The van der Waals surface area contributed by atoms with Gasteiger partial charge in [-0.25, -0.2) is 4.98 Å². The van der Waals surface area contributed by atoms with Crippen LogP contribution in [-0.2, 0) is 24.7 Å². The Hall–Kier alpha value is -3.08. The van der Waals surface area contributed by atoms with E-state index in [-0.39, 0.29) is 11.8 Å². The van der Waals surface area contributed by atoms with Gasteiger partial charge in [-0.2, -0.15) is 0 Å². The molecule has 3 heterocycles. The fourth-order valence-corrected chi connectivity index (χ4v) is 4.26. The van der Waals surface area contributed by atoms with Gasteiger partial charge in [-0.15, -0.1) is 0 Å². The summed E-state index contributed by atoms with van der Waals surface area (Å²) >= 11 is 0. The summed E-state index contributed by atoms with van der Waals surface area (Å²) in [6.07, 6.45) is 4.36. The molecule has 1 aromatic heterocycles. The highest BCUT2D eigenvalue weighted by Crippen LogP contribution is 2.41. The van der Waals surface area contributed by atoms with Crippen LogP contribution in [0, 0.1) is 6.92 Å². The van der Waals surface area contributed by atoms with Crippen molar-refractivity contribution in [1.29, 1.82) is 0 Å². The van der Waals surface area contributed by atoms with Crippen LogP contribution < -0.4 is 10.6 Å². The summed E-state index contributed by atoms with van der Waals surface area (Å²) in [5.74, 6) is 1.06. The molecule has 0 fully saturated rings. The van der Waals surface area contributed by atoms with Crippen molar-refractivity contribution < 1.29 is 4.79 Å². The summed E-state index contributed by atoms with van der Waals surface area (Å²) in [6.45, 7) is 1.99. The number of nitrogens with zero attached hydrogens (tertiary/aromatic N) is 2. The number of rotatable bonds is 1. The third kappa shape index (κ3) is 2.62. The van der Waals surface area contributed by atoms with Gasteiger partial charge in [-0.3, -0.25) is 4.79 Å². The van der Waals surface area contributed by atoms with Crippen LogP contribution in [0.5, 0.6) is 0 Å². The molecule has 0 radical (unpaired) electrons. The number of para-hydroxylation sites is 1. The number of hydrogen-bond donors (Lipinski definition) is 2. The number of aryl methyl sites for hydroxylation is 3. The summed E-state index contributed by atoms with van der Waals surface area (Å²) in [5.41, 5.74) is 8.04. The van der Waals surface area contributed by atoms with Gasteiger partial charge in [0.15, 0.2) is 0 Å². The highest BCUT2D eigenvalue weighted by atomic mass is 16.1. The second-order valence-electron chi connectivity index (χ2n) is 7.47. The normalized spacial score (nSPS) is 17.9. The SMILES string of the molecule is Cc1ncc(C2CC(=O)Nc3cc4c(cc32)CCc2ccccc2N4)n1C. The number of benzene rings is 2. The topological polar surface area (TPSA) is 59.0 Å². The molecule has 136 valence electrons. The van der Waals surface area contributed by atoms with Gasteiger partial charge in [0.2, 0.25) is 5.91 Å². The molecule has 2 aliphatic rings. The molecule has 0 saturated carbocycles. The zero-order valence-corrected chi connectivity index (χ0v) is 15.5. The molecular weight excluding hydrogens is 336 g/mol. The summed E-state index contributed by atoms with van der Waals surface area (Å²) in [4.78, 5) is 16.8. The van der Waals surface area contributed by atoms with Crippen molar-refractivity contribution in [3.8, 4) is 0 Å². The average molecular weight is 358 g/mol. The van der Waals surface area contributed by atoms with Crippen molar-refractivity contribution in [2.75, 3.05) is 10.6 Å². The van der Waals surface area contributed by atoms with Gasteiger partial charge < -0.3 is 15.2 Å². The first kappa shape index (κ1) is 16.1. The molecule has 5 rings (SSSR count). The number of amides is 1. The molecule has 1 atom stereocenters. The van der Waals surface area contributed by atoms with E-state index >= 15 is 0 Å². The van der Waals surface area contributed by atoms with E-state index < -0.39 is 0 Å². The summed E-state index contributed by atoms with van der Waals surface area (Å²) in [7, 11) is 2.02. The lowest BCUT2D eigenvalue weighted by Gasteiger charge is -2.27. The minimum atomic E-state index is 0.0379. The predicted molar refractivity (Wildman–Crippen MR) is 107 cm³/mol. The smallest absolute Gasteiger partial charge is 0.225 e. The maximum Gasteiger partial charge on any atom is 0.225 e. The van der Waals surface area contributed by atoms with Gasteiger partial charge in [-0.1, -0.05) is 24.3 Å². The number of imidazole rings is 1. The molecule has 2 aromatic carbocycles. The lowest BCUT2D eigenvalue weighted by atomic mass is 9.86. The van der Waals surface area contributed by atoms with Crippen LogP contribution in [0.25, 0.3) is 0 Å². The van der Waals surface area contributed by atoms with Gasteiger partial charge >= 0.3 is 0 Å². The third-order valence-electron chi connectivity index (χ3n) is 5.88. The summed E-state index contributed by atoms with van der Waals surface area (Å²) in [6, 6.07) is 12.8. The van der Waals surface area contributed by atoms with Gasteiger partial charge in [0.1, 0.15) is 5.82 Å². The Balaban J connectivity index is 1.62. The number of hydrogen-bond acceptors (Lipinski definition) is 3. The Morgan fingerprint density at radius 1 is 1.04 bits per heavy atom. The fraction of sp³-hybridized carbons (Fsp3) is 0.273. The Labute approximate surface area is 158 Å². The predicted octanol–water partition coefficient (Wildman–Crippen LogP) is 4.04. The average Bonchev–Trinajstić information content (AvgIpc) is 2.88. The molecular formula is C22H22N4O. The van der Waals surface area contributed by atoms with Gasteiger partial charge in [0.25, 0.3) is 0 Å². The molecule has 0 spiro atoms. The minimum absolute atomic E-state index is 0.0379. The molecule has 5 nitrogen and oxygen atoms in total. The van der Waals surface area contributed by atoms with E-state index in [1.54, 1.807) is 0 Å².